The highest BCUT2D eigenvalue weighted by Crippen LogP contribution is 2.47. The molecule has 3 aromatic carbocycles. The van der Waals surface area contributed by atoms with Crippen LogP contribution in [0.25, 0.3) is 20.5 Å². The predicted molar refractivity (Wildman–Crippen MR) is 115 cm³/mol. The van der Waals surface area contributed by atoms with Gasteiger partial charge in [-0.25, -0.2) is 0 Å². The van der Waals surface area contributed by atoms with Crippen LogP contribution in [0.3, 0.4) is 0 Å². The van der Waals surface area contributed by atoms with Gasteiger partial charge >= 0.3 is 0 Å². The summed E-state index contributed by atoms with van der Waals surface area (Å²) in [4.78, 5) is 3.48. The Hall–Kier alpha value is -2.98. The fourth-order valence-corrected chi connectivity index (χ4v) is 4.51. The summed E-state index contributed by atoms with van der Waals surface area (Å²) >= 11 is 1.78. The minimum atomic E-state index is 0.861. The number of para-hydroxylation sites is 1. The maximum atomic E-state index is 5.43. The van der Waals surface area contributed by atoms with E-state index in [1.165, 1.54) is 26.2 Å². The monoisotopic (exact) mass is 375 g/mol. The van der Waals surface area contributed by atoms with E-state index in [9.17, 15) is 0 Å². The van der Waals surface area contributed by atoms with E-state index in [0.717, 1.165) is 17.2 Å². The molecule has 0 fully saturated rings. The van der Waals surface area contributed by atoms with Crippen molar-refractivity contribution in [3.63, 3.8) is 0 Å². The summed E-state index contributed by atoms with van der Waals surface area (Å²) in [6.07, 6.45) is 0. The third kappa shape index (κ3) is 3.24. The van der Waals surface area contributed by atoms with E-state index in [2.05, 4.69) is 60.5 Å². The minimum Gasteiger partial charge on any atom is -0.497 e. The summed E-state index contributed by atoms with van der Waals surface area (Å²) in [7, 11) is 5.51. The molecule has 0 amide bonds. The van der Waals surface area contributed by atoms with Crippen LogP contribution in [0.15, 0.2) is 72.8 Å². The topological polar surface area (TPSA) is 21.7 Å². The van der Waals surface area contributed by atoms with Crippen molar-refractivity contribution in [2.45, 2.75) is 0 Å². The van der Waals surface area contributed by atoms with E-state index in [-0.39, 0.29) is 0 Å². The first-order chi connectivity index (χ1) is 13.2. The number of benzene rings is 3. The second-order valence-electron chi connectivity index (χ2n) is 6.26. The van der Waals surface area contributed by atoms with E-state index >= 15 is 0 Å². The highest BCUT2D eigenvalue weighted by molar-refractivity contribution is 7.23. The van der Waals surface area contributed by atoms with Gasteiger partial charge in [-0.1, -0.05) is 18.2 Å². The van der Waals surface area contributed by atoms with Gasteiger partial charge in [0.25, 0.3) is 0 Å². The Bertz CT molecular complexity index is 1060. The van der Waals surface area contributed by atoms with Crippen LogP contribution in [0.5, 0.6) is 11.5 Å². The quantitative estimate of drug-likeness (QED) is 0.405. The maximum absolute atomic E-state index is 5.43. The number of fused-ring (bicyclic) bond motifs is 1. The zero-order chi connectivity index (χ0) is 18.8. The fraction of sp³-hybridized carbons (Fsp3) is 0.130. The zero-order valence-corrected chi connectivity index (χ0v) is 16.4. The van der Waals surface area contributed by atoms with Crippen LogP contribution in [0.4, 0.5) is 11.4 Å². The summed E-state index contributed by atoms with van der Waals surface area (Å²) in [6.45, 7) is 0. The summed E-state index contributed by atoms with van der Waals surface area (Å²) in [5.41, 5.74) is 3.53. The number of hydrogen-bond acceptors (Lipinski definition) is 4. The fourth-order valence-electron chi connectivity index (χ4n) is 3.24. The molecule has 0 unspecified atom stereocenters. The van der Waals surface area contributed by atoms with Gasteiger partial charge in [0.05, 0.1) is 24.8 Å². The molecule has 4 heteroatoms. The lowest BCUT2D eigenvalue weighted by Gasteiger charge is -2.21. The van der Waals surface area contributed by atoms with Crippen LogP contribution in [-0.2, 0) is 0 Å². The van der Waals surface area contributed by atoms with Gasteiger partial charge in [0.1, 0.15) is 11.5 Å². The molecule has 0 aliphatic carbocycles. The Balaban J connectivity index is 1.93. The molecule has 136 valence electrons. The second-order valence-corrected chi connectivity index (χ2v) is 7.32. The van der Waals surface area contributed by atoms with Gasteiger partial charge < -0.3 is 14.4 Å². The maximum Gasteiger partial charge on any atom is 0.120 e. The molecule has 0 atom stereocenters. The molecule has 0 saturated carbocycles. The number of methoxy groups -OCH3 is 2. The molecule has 0 saturated heterocycles. The molecule has 1 heterocycles. The van der Waals surface area contributed by atoms with Crippen LogP contribution in [-0.4, -0.2) is 21.3 Å². The first-order valence-electron chi connectivity index (χ1n) is 8.75. The van der Waals surface area contributed by atoms with Crippen molar-refractivity contribution in [1.82, 2.24) is 0 Å². The Morgan fingerprint density at radius 3 is 2.11 bits per heavy atom. The van der Waals surface area contributed by atoms with E-state index < -0.39 is 0 Å². The SMILES string of the molecule is COc1ccc(-c2sc3cc(OC)ccc3c2N(C)c2ccccc2)cc1. The molecule has 0 N–H and O–H groups in total. The molecule has 0 radical (unpaired) electrons. The van der Waals surface area contributed by atoms with Gasteiger partial charge in [-0.2, -0.15) is 0 Å². The normalized spacial score (nSPS) is 10.8. The minimum absolute atomic E-state index is 0.861. The number of nitrogens with zero attached hydrogens (tertiary/aromatic N) is 1. The van der Waals surface area contributed by atoms with Crippen molar-refractivity contribution < 1.29 is 9.47 Å². The first-order valence-corrected chi connectivity index (χ1v) is 9.56. The van der Waals surface area contributed by atoms with Gasteiger partial charge in [-0.05, 0) is 60.2 Å². The summed E-state index contributed by atoms with van der Waals surface area (Å²) in [6, 6.07) is 24.9. The van der Waals surface area contributed by atoms with Crippen LogP contribution in [0.2, 0.25) is 0 Å². The molecule has 0 aliphatic heterocycles. The summed E-state index contributed by atoms with van der Waals surface area (Å²) in [5.74, 6) is 1.73. The lowest BCUT2D eigenvalue weighted by Crippen LogP contribution is -2.09. The molecule has 27 heavy (non-hydrogen) atoms. The van der Waals surface area contributed by atoms with Crippen LogP contribution in [0.1, 0.15) is 0 Å². The number of thiophene rings is 1. The molecule has 1 aromatic heterocycles. The van der Waals surface area contributed by atoms with Crippen molar-refractivity contribution in [3.8, 4) is 21.9 Å². The Morgan fingerprint density at radius 1 is 0.778 bits per heavy atom. The first kappa shape index (κ1) is 17.4. The van der Waals surface area contributed by atoms with Gasteiger partial charge in [0.15, 0.2) is 0 Å². The lowest BCUT2D eigenvalue weighted by molar-refractivity contribution is 0.415. The van der Waals surface area contributed by atoms with E-state index in [1.807, 2.05) is 24.3 Å². The third-order valence-corrected chi connectivity index (χ3v) is 5.89. The predicted octanol–water partition coefficient (Wildman–Crippen LogP) is 6.35. The molecule has 0 bridgehead atoms. The van der Waals surface area contributed by atoms with Crippen molar-refractivity contribution in [2.24, 2.45) is 0 Å². The van der Waals surface area contributed by atoms with Crippen LogP contribution < -0.4 is 14.4 Å². The Kier molecular flexibility index (Phi) is 4.73. The van der Waals surface area contributed by atoms with E-state index in [0.29, 0.717) is 0 Å². The molecular formula is C23H21NO2S. The smallest absolute Gasteiger partial charge is 0.120 e. The Labute approximate surface area is 163 Å². The van der Waals surface area contributed by atoms with Gasteiger partial charge in [-0.15, -0.1) is 11.3 Å². The number of rotatable bonds is 5. The van der Waals surface area contributed by atoms with Gasteiger partial charge in [0, 0.05) is 22.8 Å². The molecular weight excluding hydrogens is 354 g/mol. The van der Waals surface area contributed by atoms with Crippen LogP contribution in [0, 0.1) is 0 Å². The van der Waals surface area contributed by atoms with Crippen molar-refractivity contribution >= 4 is 32.8 Å². The number of hydrogen-bond donors (Lipinski definition) is 0. The summed E-state index contributed by atoms with van der Waals surface area (Å²) in [5, 5.41) is 1.22. The standard InChI is InChI=1S/C23H21NO2S/c1-24(17-7-5-4-6-8-17)22-20-14-13-19(26-3)15-21(20)27-23(22)16-9-11-18(25-2)12-10-16/h4-15H,1-3H3. The lowest BCUT2D eigenvalue weighted by atomic mass is 10.1. The van der Waals surface area contributed by atoms with Gasteiger partial charge in [0.2, 0.25) is 0 Å². The third-order valence-electron chi connectivity index (χ3n) is 4.70. The summed E-state index contributed by atoms with van der Waals surface area (Å²) < 4.78 is 12.0. The number of anilines is 2. The number of ether oxygens (including phenoxy) is 2. The second kappa shape index (κ2) is 7.33. The van der Waals surface area contributed by atoms with Gasteiger partial charge in [-0.3, -0.25) is 0 Å². The average Bonchev–Trinajstić information content (AvgIpc) is 3.12. The van der Waals surface area contributed by atoms with E-state index in [1.54, 1.807) is 25.6 Å². The zero-order valence-electron chi connectivity index (χ0n) is 15.6. The highest BCUT2D eigenvalue weighted by atomic mass is 32.1. The van der Waals surface area contributed by atoms with Crippen molar-refractivity contribution in [2.75, 3.05) is 26.2 Å². The largest absolute Gasteiger partial charge is 0.497 e. The van der Waals surface area contributed by atoms with Crippen LogP contribution >= 0.6 is 11.3 Å². The molecule has 3 nitrogen and oxygen atoms in total. The van der Waals surface area contributed by atoms with Crippen molar-refractivity contribution in [3.05, 3.63) is 72.8 Å². The Morgan fingerprint density at radius 2 is 1.44 bits per heavy atom. The molecule has 4 aromatic rings. The molecule has 4 rings (SSSR count). The average molecular weight is 375 g/mol. The molecule has 0 aliphatic rings. The van der Waals surface area contributed by atoms with E-state index in [4.69, 9.17) is 9.47 Å². The highest BCUT2D eigenvalue weighted by Gasteiger charge is 2.19. The molecule has 0 spiro atoms. The van der Waals surface area contributed by atoms with Crippen molar-refractivity contribution in [1.29, 1.82) is 0 Å².